The Morgan fingerprint density at radius 3 is 2.40 bits per heavy atom. The van der Waals surface area contributed by atoms with Crippen molar-refractivity contribution in [3.05, 3.63) is 35.6 Å². The lowest BCUT2D eigenvalue weighted by Gasteiger charge is -2.14. The van der Waals surface area contributed by atoms with E-state index in [-0.39, 0.29) is 11.7 Å². The molecule has 0 amide bonds. The molecule has 0 saturated carbocycles. The SMILES string of the molecule is CC(C)CNCC(C)c1ccccc1F. The lowest BCUT2D eigenvalue weighted by atomic mass is 10.0. The summed E-state index contributed by atoms with van der Waals surface area (Å²) in [6.45, 7) is 8.20. The molecule has 1 rings (SSSR count). The lowest BCUT2D eigenvalue weighted by molar-refractivity contribution is 0.515. The second-order valence-corrected chi connectivity index (χ2v) is 4.47. The van der Waals surface area contributed by atoms with Crippen molar-refractivity contribution >= 4 is 0 Å². The van der Waals surface area contributed by atoms with Crippen LogP contribution in [-0.4, -0.2) is 13.1 Å². The van der Waals surface area contributed by atoms with Crippen LogP contribution in [0.4, 0.5) is 4.39 Å². The number of nitrogens with one attached hydrogen (secondary N) is 1. The van der Waals surface area contributed by atoms with Gasteiger partial charge in [-0.2, -0.15) is 0 Å². The smallest absolute Gasteiger partial charge is 0.126 e. The average molecular weight is 209 g/mol. The molecule has 1 N–H and O–H groups in total. The minimum absolute atomic E-state index is 0.101. The first-order chi connectivity index (χ1) is 7.11. The largest absolute Gasteiger partial charge is 0.316 e. The number of rotatable bonds is 5. The van der Waals surface area contributed by atoms with E-state index < -0.39 is 0 Å². The summed E-state index contributed by atoms with van der Waals surface area (Å²) in [5.41, 5.74) is 0.800. The van der Waals surface area contributed by atoms with Gasteiger partial charge in [-0.25, -0.2) is 4.39 Å². The maximum absolute atomic E-state index is 13.4. The maximum atomic E-state index is 13.4. The molecule has 1 unspecified atom stereocenters. The number of hydrogen-bond acceptors (Lipinski definition) is 1. The molecule has 84 valence electrons. The van der Waals surface area contributed by atoms with Crippen LogP contribution < -0.4 is 5.32 Å². The van der Waals surface area contributed by atoms with Crippen molar-refractivity contribution in [3.8, 4) is 0 Å². The van der Waals surface area contributed by atoms with Gasteiger partial charge in [0.15, 0.2) is 0 Å². The second-order valence-electron chi connectivity index (χ2n) is 4.47. The highest BCUT2D eigenvalue weighted by Gasteiger charge is 2.09. The van der Waals surface area contributed by atoms with Gasteiger partial charge >= 0.3 is 0 Å². The van der Waals surface area contributed by atoms with Crippen LogP contribution in [0.1, 0.15) is 32.3 Å². The summed E-state index contributed by atoms with van der Waals surface area (Å²) in [4.78, 5) is 0. The molecule has 0 aliphatic rings. The zero-order chi connectivity index (χ0) is 11.3. The van der Waals surface area contributed by atoms with Gasteiger partial charge in [0.2, 0.25) is 0 Å². The summed E-state index contributed by atoms with van der Waals surface area (Å²) >= 11 is 0. The van der Waals surface area contributed by atoms with Crippen molar-refractivity contribution in [2.75, 3.05) is 13.1 Å². The van der Waals surface area contributed by atoms with Crippen LogP contribution in [0.25, 0.3) is 0 Å². The molecule has 1 aromatic carbocycles. The third-order valence-corrected chi connectivity index (χ3v) is 2.44. The zero-order valence-electron chi connectivity index (χ0n) is 9.76. The maximum Gasteiger partial charge on any atom is 0.126 e. The van der Waals surface area contributed by atoms with Crippen molar-refractivity contribution in [3.63, 3.8) is 0 Å². The minimum Gasteiger partial charge on any atom is -0.316 e. The number of hydrogen-bond donors (Lipinski definition) is 1. The second kappa shape index (κ2) is 5.86. The summed E-state index contributed by atoms with van der Waals surface area (Å²) in [5.74, 6) is 0.763. The van der Waals surface area contributed by atoms with Gasteiger partial charge < -0.3 is 5.32 Å². The van der Waals surface area contributed by atoms with Gasteiger partial charge in [-0.05, 0) is 30.0 Å². The Morgan fingerprint density at radius 2 is 1.80 bits per heavy atom. The quantitative estimate of drug-likeness (QED) is 0.785. The number of halogens is 1. The molecule has 0 aliphatic carbocycles. The van der Waals surface area contributed by atoms with Crippen LogP contribution >= 0.6 is 0 Å². The van der Waals surface area contributed by atoms with Crippen LogP contribution in [0.15, 0.2) is 24.3 Å². The Kier molecular flexibility index (Phi) is 4.76. The molecular formula is C13H20FN. The molecule has 0 fully saturated rings. The van der Waals surface area contributed by atoms with E-state index in [2.05, 4.69) is 19.2 Å². The van der Waals surface area contributed by atoms with Gasteiger partial charge in [0, 0.05) is 6.54 Å². The predicted octanol–water partition coefficient (Wildman–Crippen LogP) is 3.17. The van der Waals surface area contributed by atoms with Gasteiger partial charge in [-0.3, -0.25) is 0 Å². The highest BCUT2D eigenvalue weighted by Crippen LogP contribution is 2.17. The molecule has 0 radical (unpaired) electrons. The van der Waals surface area contributed by atoms with Crippen molar-refractivity contribution in [1.29, 1.82) is 0 Å². The number of benzene rings is 1. The first-order valence-corrected chi connectivity index (χ1v) is 5.56. The highest BCUT2D eigenvalue weighted by atomic mass is 19.1. The van der Waals surface area contributed by atoms with E-state index in [1.807, 2.05) is 19.1 Å². The fraction of sp³-hybridized carbons (Fsp3) is 0.538. The van der Waals surface area contributed by atoms with Crippen LogP contribution in [0.5, 0.6) is 0 Å². The summed E-state index contributed by atoms with van der Waals surface area (Å²) in [7, 11) is 0. The molecule has 1 atom stereocenters. The Hall–Kier alpha value is -0.890. The Morgan fingerprint density at radius 1 is 1.13 bits per heavy atom. The third kappa shape index (κ3) is 4.00. The molecule has 0 aromatic heterocycles. The van der Waals surface area contributed by atoms with E-state index in [0.29, 0.717) is 5.92 Å². The van der Waals surface area contributed by atoms with Crippen molar-refractivity contribution in [2.24, 2.45) is 5.92 Å². The van der Waals surface area contributed by atoms with E-state index in [1.165, 1.54) is 6.07 Å². The summed E-state index contributed by atoms with van der Waals surface area (Å²) in [6, 6.07) is 7.00. The van der Waals surface area contributed by atoms with E-state index in [1.54, 1.807) is 6.07 Å². The van der Waals surface area contributed by atoms with Gasteiger partial charge in [-0.15, -0.1) is 0 Å². The monoisotopic (exact) mass is 209 g/mol. The Labute approximate surface area is 91.7 Å². The van der Waals surface area contributed by atoms with Gasteiger partial charge in [0.25, 0.3) is 0 Å². The normalized spacial score (nSPS) is 13.1. The zero-order valence-corrected chi connectivity index (χ0v) is 9.76. The summed E-state index contributed by atoms with van der Waals surface area (Å²) in [5, 5.41) is 3.34. The van der Waals surface area contributed by atoms with Gasteiger partial charge in [-0.1, -0.05) is 39.0 Å². The van der Waals surface area contributed by atoms with Crippen molar-refractivity contribution in [2.45, 2.75) is 26.7 Å². The molecule has 0 heterocycles. The Bertz CT molecular complexity index is 296. The summed E-state index contributed by atoms with van der Waals surface area (Å²) in [6.07, 6.45) is 0. The molecular weight excluding hydrogens is 189 g/mol. The van der Waals surface area contributed by atoms with Gasteiger partial charge in [0.1, 0.15) is 5.82 Å². The van der Waals surface area contributed by atoms with E-state index >= 15 is 0 Å². The van der Waals surface area contributed by atoms with Crippen LogP contribution in [0, 0.1) is 11.7 Å². The van der Waals surface area contributed by atoms with Crippen molar-refractivity contribution in [1.82, 2.24) is 5.32 Å². The Balaban J connectivity index is 2.47. The molecule has 0 spiro atoms. The average Bonchev–Trinajstić information content (AvgIpc) is 2.17. The van der Waals surface area contributed by atoms with Crippen molar-refractivity contribution < 1.29 is 4.39 Å². The van der Waals surface area contributed by atoms with E-state index in [0.717, 1.165) is 18.7 Å². The molecule has 15 heavy (non-hydrogen) atoms. The molecule has 0 bridgehead atoms. The lowest BCUT2D eigenvalue weighted by Crippen LogP contribution is -2.24. The standard InChI is InChI=1S/C13H20FN/c1-10(2)8-15-9-11(3)12-6-4-5-7-13(12)14/h4-7,10-11,15H,8-9H2,1-3H3. The molecule has 2 heteroatoms. The molecule has 0 saturated heterocycles. The molecule has 1 aromatic rings. The third-order valence-electron chi connectivity index (χ3n) is 2.44. The highest BCUT2D eigenvalue weighted by molar-refractivity contribution is 5.21. The predicted molar refractivity (Wildman–Crippen MR) is 62.5 cm³/mol. The molecule has 1 nitrogen and oxygen atoms in total. The minimum atomic E-state index is -0.101. The van der Waals surface area contributed by atoms with Crippen LogP contribution in [-0.2, 0) is 0 Å². The van der Waals surface area contributed by atoms with E-state index in [9.17, 15) is 4.39 Å². The molecule has 0 aliphatic heterocycles. The summed E-state index contributed by atoms with van der Waals surface area (Å²) < 4.78 is 13.4. The van der Waals surface area contributed by atoms with Crippen LogP contribution in [0.3, 0.4) is 0 Å². The topological polar surface area (TPSA) is 12.0 Å². The van der Waals surface area contributed by atoms with E-state index in [4.69, 9.17) is 0 Å². The fourth-order valence-corrected chi connectivity index (χ4v) is 1.57. The first-order valence-electron chi connectivity index (χ1n) is 5.56. The van der Waals surface area contributed by atoms with Crippen LogP contribution in [0.2, 0.25) is 0 Å². The fourth-order valence-electron chi connectivity index (χ4n) is 1.57. The first kappa shape index (κ1) is 12.2. The van der Waals surface area contributed by atoms with Gasteiger partial charge in [0.05, 0.1) is 0 Å².